The van der Waals surface area contributed by atoms with E-state index < -0.39 is 12.1 Å². The molecular formula is C14H12N2O2S. The largest absolute Gasteiger partial charge is 0.443 e. The Kier molecular flexibility index (Phi) is 3.93. The molecule has 0 spiro atoms. The lowest BCUT2D eigenvalue weighted by Crippen LogP contribution is -2.12. The van der Waals surface area contributed by atoms with Crippen LogP contribution in [0.15, 0.2) is 30.3 Å². The summed E-state index contributed by atoms with van der Waals surface area (Å²) in [5, 5.41) is 9.42. The molecule has 1 aromatic heterocycles. The zero-order valence-electron chi connectivity index (χ0n) is 10.6. The van der Waals surface area contributed by atoms with Crippen molar-refractivity contribution in [1.29, 1.82) is 5.26 Å². The van der Waals surface area contributed by atoms with Crippen LogP contribution in [-0.2, 0) is 4.74 Å². The first-order valence-electron chi connectivity index (χ1n) is 5.75. The van der Waals surface area contributed by atoms with Crippen LogP contribution < -0.4 is 0 Å². The van der Waals surface area contributed by atoms with Crippen molar-refractivity contribution in [3.8, 4) is 16.6 Å². The molecule has 0 bridgehead atoms. The minimum atomic E-state index is -0.755. The molecule has 1 atom stereocenters. The number of hydrogen-bond acceptors (Lipinski definition) is 5. The highest BCUT2D eigenvalue weighted by Gasteiger charge is 2.19. The van der Waals surface area contributed by atoms with Gasteiger partial charge in [0.15, 0.2) is 6.10 Å². The van der Waals surface area contributed by atoms with Gasteiger partial charge in [0.1, 0.15) is 16.0 Å². The summed E-state index contributed by atoms with van der Waals surface area (Å²) in [6.07, 6.45) is -0.755. The van der Waals surface area contributed by atoms with Gasteiger partial charge in [-0.25, -0.2) is 9.78 Å². The van der Waals surface area contributed by atoms with Crippen LogP contribution in [0.5, 0.6) is 0 Å². The first kappa shape index (κ1) is 13.2. The molecule has 1 aromatic carbocycles. The van der Waals surface area contributed by atoms with Gasteiger partial charge in [-0.15, -0.1) is 11.3 Å². The number of rotatable bonds is 3. The van der Waals surface area contributed by atoms with Crippen molar-refractivity contribution in [2.24, 2.45) is 0 Å². The van der Waals surface area contributed by atoms with Gasteiger partial charge in [-0.3, -0.25) is 0 Å². The summed E-state index contributed by atoms with van der Waals surface area (Å²) in [5.74, 6) is -0.494. The van der Waals surface area contributed by atoms with E-state index in [0.29, 0.717) is 10.6 Å². The summed E-state index contributed by atoms with van der Waals surface area (Å²) in [4.78, 5) is 16.7. The molecular weight excluding hydrogens is 260 g/mol. The van der Waals surface area contributed by atoms with Crippen molar-refractivity contribution in [3.63, 3.8) is 0 Å². The summed E-state index contributed by atoms with van der Waals surface area (Å²) < 4.78 is 4.99. The molecule has 0 amide bonds. The predicted octanol–water partition coefficient (Wildman–Crippen LogP) is 3.19. The Morgan fingerprint density at radius 1 is 1.42 bits per heavy atom. The van der Waals surface area contributed by atoms with Crippen LogP contribution in [0.3, 0.4) is 0 Å². The van der Waals surface area contributed by atoms with Crippen LogP contribution in [0.1, 0.15) is 22.3 Å². The molecule has 0 saturated carbocycles. The highest BCUT2D eigenvalue weighted by molar-refractivity contribution is 7.17. The Hall–Kier alpha value is -2.19. The number of hydrogen-bond donors (Lipinski definition) is 0. The highest BCUT2D eigenvalue weighted by atomic mass is 32.1. The zero-order valence-corrected chi connectivity index (χ0v) is 11.4. The molecule has 0 N–H and O–H groups in total. The quantitative estimate of drug-likeness (QED) is 0.805. The van der Waals surface area contributed by atoms with Crippen LogP contribution in [0.4, 0.5) is 0 Å². The molecule has 0 aliphatic carbocycles. The van der Waals surface area contributed by atoms with Crippen molar-refractivity contribution in [2.75, 3.05) is 0 Å². The maximum atomic E-state index is 11.9. The Balaban J connectivity index is 2.27. The lowest BCUT2D eigenvalue weighted by atomic mass is 10.2. The number of esters is 1. The molecule has 0 fully saturated rings. The number of nitrogens with zero attached hydrogens (tertiary/aromatic N) is 2. The monoisotopic (exact) mass is 272 g/mol. The first-order chi connectivity index (χ1) is 9.11. The summed E-state index contributed by atoms with van der Waals surface area (Å²) >= 11 is 1.28. The van der Waals surface area contributed by atoms with Gasteiger partial charge in [0, 0.05) is 5.56 Å². The molecule has 0 aliphatic rings. The molecule has 0 radical (unpaired) electrons. The zero-order chi connectivity index (χ0) is 13.8. The number of thiazole rings is 1. The lowest BCUT2D eigenvalue weighted by Gasteiger charge is -2.03. The molecule has 0 aliphatic heterocycles. The molecule has 5 heteroatoms. The van der Waals surface area contributed by atoms with E-state index in [9.17, 15) is 4.79 Å². The molecule has 0 saturated heterocycles. The van der Waals surface area contributed by atoms with Crippen molar-refractivity contribution in [2.45, 2.75) is 20.0 Å². The molecule has 4 nitrogen and oxygen atoms in total. The van der Waals surface area contributed by atoms with Gasteiger partial charge >= 0.3 is 5.97 Å². The predicted molar refractivity (Wildman–Crippen MR) is 72.8 cm³/mol. The van der Waals surface area contributed by atoms with Crippen LogP contribution in [0.2, 0.25) is 0 Å². The third kappa shape index (κ3) is 2.98. The first-order valence-corrected chi connectivity index (χ1v) is 6.57. The Morgan fingerprint density at radius 3 is 2.74 bits per heavy atom. The van der Waals surface area contributed by atoms with Gasteiger partial charge in [-0.05, 0) is 13.8 Å². The summed E-state index contributed by atoms with van der Waals surface area (Å²) in [7, 11) is 0. The van der Waals surface area contributed by atoms with E-state index in [-0.39, 0.29) is 0 Å². The molecule has 96 valence electrons. The van der Waals surface area contributed by atoms with Gasteiger partial charge in [-0.1, -0.05) is 30.3 Å². The number of carbonyl (C=O) groups is 1. The fourth-order valence-electron chi connectivity index (χ4n) is 1.53. The topological polar surface area (TPSA) is 63.0 Å². The average molecular weight is 272 g/mol. The van der Waals surface area contributed by atoms with Crippen molar-refractivity contribution in [3.05, 3.63) is 40.9 Å². The number of aryl methyl sites for hydroxylation is 1. The smallest absolute Gasteiger partial charge is 0.351 e. The third-order valence-electron chi connectivity index (χ3n) is 2.47. The average Bonchev–Trinajstić information content (AvgIpc) is 2.81. The van der Waals surface area contributed by atoms with Crippen molar-refractivity contribution >= 4 is 17.3 Å². The second-order valence-corrected chi connectivity index (χ2v) is 4.98. The van der Waals surface area contributed by atoms with E-state index in [2.05, 4.69) is 4.98 Å². The van der Waals surface area contributed by atoms with Crippen LogP contribution in [-0.4, -0.2) is 17.1 Å². The molecule has 0 unspecified atom stereocenters. The summed E-state index contributed by atoms with van der Waals surface area (Å²) in [6, 6.07) is 11.5. The minimum absolute atomic E-state index is 0.445. The van der Waals surface area contributed by atoms with E-state index >= 15 is 0 Å². The second kappa shape index (κ2) is 5.63. The number of benzene rings is 1. The highest BCUT2D eigenvalue weighted by Crippen LogP contribution is 2.28. The molecule has 2 aromatic rings. The van der Waals surface area contributed by atoms with E-state index in [1.807, 2.05) is 36.4 Å². The second-order valence-electron chi connectivity index (χ2n) is 3.98. The Bertz CT molecular complexity index is 629. The number of carbonyl (C=O) groups excluding carboxylic acids is 1. The summed E-state index contributed by atoms with van der Waals surface area (Å²) in [5.41, 5.74) is 1.59. The standard InChI is InChI=1S/C14H12N2O2S/c1-9(8-15)18-14(17)12-10(2)16-13(19-12)11-6-4-3-5-7-11/h3-7,9H,1-2H3/t9-/m0/s1. The Morgan fingerprint density at radius 2 is 2.11 bits per heavy atom. The van der Waals surface area contributed by atoms with E-state index in [1.165, 1.54) is 18.3 Å². The van der Waals surface area contributed by atoms with Gasteiger partial charge in [0.2, 0.25) is 0 Å². The normalized spacial score (nSPS) is 11.6. The third-order valence-corrected chi connectivity index (χ3v) is 3.65. The van der Waals surface area contributed by atoms with Crippen molar-refractivity contribution < 1.29 is 9.53 Å². The number of ether oxygens (including phenoxy) is 1. The summed E-state index contributed by atoms with van der Waals surface area (Å²) in [6.45, 7) is 3.29. The van der Waals surface area contributed by atoms with E-state index in [1.54, 1.807) is 6.92 Å². The van der Waals surface area contributed by atoms with Crippen LogP contribution >= 0.6 is 11.3 Å². The molecule has 19 heavy (non-hydrogen) atoms. The SMILES string of the molecule is Cc1nc(-c2ccccc2)sc1C(=O)O[C@@H](C)C#N. The fraction of sp³-hybridized carbons (Fsp3) is 0.214. The number of nitriles is 1. The van der Waals surface area contributed by atoms with Gasteiger partial charge in [-0.2, -0.15) is 5.26 Å². The van der Waals surface area contributed by atoms with E-state index in [0.717, 1.165) is 10.6 Å². The van der Waals surface area contributed by atoms with Crippen molar-refractivity contribution in [1.82, 2.24) is 4.98 Å². The van der Waals surface area contributed by atoms with Gasteiger partial charge < -0.3 is 4.74 Å². The number of aromatic nitrogens is 1. The van der Waals surface area contributed by atoms with Crippen LogP contribution in [0, 0.1) is 18.3 Å². The van der Waals surface area contributed by atoms with Crippen LogP contribution in [0.25, 0.3) is 10.6 Å². The van der Waals surface area contributed by atoms with Gasteiger partial charge in [0.25, 0.3) is 0 Å². The lowest BCUT2D eigenvalue weighted by molar-refractivity contribution is 0.0440. The molecule has 1 heterocycles. The minimum Gasteiger partial charge on any atom is -0.443 e. The van der Waals surface area contributed by atoms with Gasteiger partial charge in [0.05, 0.1) is 5.69 Å². The van der Waals surface area contributed by atoms with E-state index in [4.69, 9.17) is 10.00 Å². The Labute approximate surface area is 115 Å². The maximum absolute atomic E-state index is 11.9. The molecule has 2 rings (SSSR count). The maximum Gasteiger partial charge on any atom is 0.351 e. The fourth-order valence-corrected chi connectivity index (χ4v) is 2.49.